The molecule has 0 aliphatic rings. The van der Waals surface area contributed by atoms with E-state index >= 15 is 0 Å². The SMILES string of the molecule is CCCN(CCNC(C)C)C(=O)OC(C)(C)C. The van der Waals surface area contributed by atoms with Crippen LogP contribution in [0.4, 0.5) is 4.79 Å². The lowest BCUT2D eigenvalue weighted by atomic mass is 10.2. The summed E-state index contributed by atoms with van der Waals surface area (Å²) in [7, 11) is 0. The van der Waals surface area contributed by atoms with Crippen molar-refractivity contribution in [3.8, 4) is 0 Å². The predicted octanol–water partition coefficient (Wildman–Crippen LogP) is 2.63. The maximum absolute atomic E-state index is 11.9. The van der Waals surface area contributed by atoms with Crippen LogP contribution in [0.2, 0.25) is 0 Å². The lowest BCUT2D eigenvalue weighted by Crippen LogP contribution is -2.41. The summed E-state index contributed by atoms with van der Waals surface area (Å²) in [6.45, 7) is 14.2. The van der Waals surface area contributed by atoms with E-state index in [0.29, 0.717) is 12.6 Å². The molecule has 0 fully saturated rings. The molecule has 17 heavy (non-hydrogen) atoms. The summed E-state index contributed by atoms with van der Waals surface area (Å²) in [6, 6.07) is 0.442. The fourth-order valence-electron chi connectivity index (χ4n) is 1.38. The van der Waals surface area contributed by atoms with Crippen molar-refractivity contribution in [1.29, 1.82) is 0 Å². The van der Waals surface area contributed by atoms with Crippen LogP contribution in [-0.4, -0.2) is 42.3 Å². The molecule has 0 unspecified atom stereocenters. The quantitative estimate of drug-likeness (QED) is 0.781. The molecular weight excluding hydrogens is 216 g/mol. The van der Waals surface area contributed by atoms with Gasteiger partial charge in [0.2, 0.25) is 0 Å². The average Bonchev–Trinajstić information content (AvgIpc) is 2.13. The van der Waals surface area contributed by atoms with E-state index in [-0.39, 0.29) is 6.09 Å². The summed E-state index contributed by atoms with van der Waals surface area (Å²) in [4.78, 5) is 13.7. The summed E-state index contributed by atoms with van der Waals surface area (Å²) in [6.07, 6.45) is 0.728. The normalized spacial score (nSPS) is 11.7. The molecule has 0 rings (SSSR count). The van der Waals surface area contributed by atoms with Gasteiger partial charge in [-0.3, -0.25) is 0 Å². The van der Waals surface area contributed by atoms with Crippen molar-refractivity contribution < 1.29 is 9.53 Å². The van der Waals surface area contributed by atoms with E-state index in [1.807, 2.05) is 20.8 Å². The molecule has 4 heteroatoms. The molecule has 4 nitrogen and oxygen atoms in total. The molecule has 0 spiro atoms. The number of carbonyl (C=O) groups excluding carboxylic acids is 1. The lowest BCUT2D eigenvalue weighted by molar-refractivity contribution is 0.0251. The summed E-state index contributed by atoms with van der Waals surface area (Å²) < 4.78 is 5.37. The van der Waals surface area contributed by atoms with E-state index in [1.54, 1.807) is 4.90 Å². The van der Waals surface area contributed by atoms with E-state index < -0.39 is 5.60 Å². The largest absolute Gasteiger partial charge is 0.444 e. The minimum Gasteiger partial charge on any atom is -0.444 e. The van der Waals surface area contributed by atoms with Gasteiger partial charge in [-0.05, 0) is 27.2 Å². The minimum atomic E-state index is -0.422. The fourth-order valence-corrected chi connectivity index (χ4v) is 1.38. The third-order valence-electron chi connectivity index (χ3n) is 2.08. The molecule has 0 aliphatic heterocycles. The number of rotatable bonds is 6. The molecule has 0 saturated heterocycles. The maximum atomic E-state index is 11.9. The van der Waals surface area contributed by atoms with Crippen LogP contribution in [-0.2, 0) is 4.74 Å². The third-order valence-corrected chi connectivity index (χ3v) is 2.08. The number of nitrogens with one attached hydrogen (secondary N) is 1. The third kappa shape index (κ3) is 8.98. The highest BCUT2D eigenvalue weighted by atomic mass is 16.6. The van der Waals surface area contributed by atoms with Gasteiger partial charge in [-0.25, -0.2) is 4.79 Å². The first-order chi connectivity index (χ1) is 7.76. The van der Waals surface area contributed by atoms with E-state index in [4.69, 9.17) is 4.74 Å². The van der Waals surface area contributed by atoms with Crippen molar-refractivity contribution in [3.63, 3.8) is 0 Å². The highest BCUT2D eigenvalue weighted by Crippen LogP contribution is 2.09. The Morgan fingerprint density at radius 3 is 2.29 bits per heavy atom. The molecule has 102 valence electrons. The second-order valence-corrected chi connectivity index (χ2v) is 5.58. The number of hydrogen-bond donors (Lipinski definition) is 1. The predicted molar refractivity (Wildman–Crippen MR) is 71.2 cm³/mol. The lowest BCUT2D eigenvalue weighted by Gasteiger charge is -2.27. The van der Waals surface area contributed by atoms with Crippen molar-refractivity contribution in [2.24, 2.45) is 0 Å². The second kappa shape index (κ2) is 7.54. The second-order valence-electron chi connectivity index (χ2n) is 5.58. The molecule has 0 heterocycles. The van der Waals surface area contributed by atoms with Gasteiger partial charge in [-0.2, -0.15) is 0 Å². The minimum absolute atomic E-state index is 0.218. The molecule has 0 bridgehead atoms. The molecule has 0 aromatic heterocycles. The standard InChI is InChI=1S/C13H28N2O2/c1-7-9-15(10-8-14-11(2)3)12(16)17-13(4,5)6/h11,14H,7-10H2,1-6H3. The first-order valence-corrected chi connectivity index (χ1v) is 6.47. The van der Waals surface area contributed by atoms with Crippen LogP contribution in [0.3, 0.4) is 0 Å². The average molecular weight is 244 g/mol. The molecule has 1 amide bonds. The Hall–Kier alpha value is -0.770. The Labute approximate surface area is 106 Å². The summed E-state index contributed by atoms with van der Waals surface area (Å²) >= 11 is 0. The van der Waals surface area contributed by atoms with Crippen molar-refractivity contribution in [1.82, 2.24) is 10.2 Å². The van der Waals surface area contributed by atoms with Crippen molar-refractivity contribution in [2.75, 3.05) is 19.6 Å². The number of hydrogen-bond acceptors (Lipinski definition) is 3. The summed E-state index contributed by atoms with van der Waals surface area (Å²) in [5, 5.41) is 3.30. The molecule has 0 radical (unpaired) electrons. The van der Waals surface area contributed by atoms with Gasteiger partial charge in [0.25, 0.3) is 0 Å². The van der Waals surface area contributed by atoms with E-state index in [1.165, 1.54) is 0 Å². The van der Waals surface area contributed by atoms with Crippen LogP contribution in [0.5, 0.6) is 0 Å². The van der Waals surface area contributed by atoms with Gasteiger partial charge in [-0.15, -0.1) is 0 Å². The van der Waals surface area contributed by atoms with E-state index in [0.717, 1.165) is 19.5 Å². The Balaban J connectivity index is 4.16. The first kappa shape index (κ1) is 16.2. The summed E-state index contributed by atoms with van der Waals surface area (Å²) in [5.41, 5.74) is -0.422. The number of carbonyl (C=O) groups is 1. The Bertz CT molecular complexity index is 222. The van der Waals surface area contributed by atoms with Gasteiger partial charge in [-0.1, -0.05) is 20.8 Å². The zero-order valence-corrected chi connectivity index (χ0v) is 12.2. The number of amides is 1. The van der Waals surface area contributed by atoms with Crippen LogP contribution in [0.1, 0.15) is 48.0 Å². The van der Waals surface area contributed by atoms with Gasteiger partial charge in [0.15, 0.2) is 0 Å². The zero-order chi connectivity index (χ0) is 13.5. The molecule has 0 aromatic rings. The molecule has 0 atom stereocenters. The van der Waals surface area contributed by atoms with Gasteiger partial charge in [0.1, 0.15) is 5.60 Å². The van der Waals surface area contributed by atoms with Crippen molar-refractivity contribution in [2.45, 2.75) is 59.6 Å². The molecule has 0 aromatic carbocycles. The van der Waals surface area contributed by atoms with Crippen LogP contribution in [0.15, 0.2) is 0 Å². The van der Waals surface area contributed by atoms with E-state index in [2.05, 4.69) is 26.1 Å². The van der Waals surface area contributed by atoms with E-state index in [9.17, 15) is 4.79 Å². The van der Waals surface area contributed by atoms with Gasteiger partial charge < -0.3 is 15.0 Å². The van der Waals surface area contributed by atoms with Gasteiger partial charge in [0, 0.05) is 25.7 Å². The fraction of sp³-hybridized carbons (Fsp3) is 0.923. The molecular formula is C13H28N2O2. The smallest absolute Gasteiger partial charge is 0.410 e. The monoisotopic (exact) mass is 244 g/mol. The number of nitrogens with zero attached hydrogens (tertiary/aromatic N) is 1. The molecule has 1 N–H and O–H groups in total. The Morgan fingerprint density at radius 2 is 1.88 bits per heavy atom. The number of ether oxygens (including phenoxy) is 1. The van der Waals surface area contributed by atoms with Gasteiger partial charge in [0.05, 0.1) is 0 Å². The zero-order valence-electron chi connectivity index (χ0n) is 12.2. The van der Waals surface area contributed by atoms with Crippen LogP contribution < -0.4 is 5.32 Å². The van der Waals surface area contributed by atoms with Crippen LogP contribution in [0, 0.1) is 0 Å². The highest BCUT2D eigenvalue weighted by Gasteiger charge is 2.21. The van der Waals surface area contributed by atoms with Crippen LogP contribution in [0.25, 0.3) is 0 Å². The van der Waals surface area contributed by atoms with Crippen LogP contribution >= 0.6 is 0 Å². The Morgan fingerprint density at radius 1 is 1.29 bits per heavy atom. The Kier molecular flexibility index (Phi) is 7.19. The molecule has 0 saturated carbocycles. The van der Waals surface area contributed by atoms with Gasteiger partial charge >= 0.3 is 6.09 Å². The van der Waals surface area contributed by atoms with Crippen molar-refractivity contribution >= 4 is 6.09 Å². The topological polar surface area (TPSA) is 41.6 Å². The van der Waals surface area contributed by atoms with Crippen molar-refractivity contribution in [3.05, 3.63) is 0 Å². The maximum Gasteiger partial charge on any atom is 0.410 e. The summed E-state index contributed by atoms with van der Waals surface area (Å²) in [5.74, 6) is 0. The highest BCUT2D eigenvalue weighted by molar-refractivity contribution is 5.68. The molecule has 0 aliphatic carbocycles. The first-order valence-electron chi connectivity index (χ1n) is 6.47.